The Morgan fingerprint density at radius 3 is 3.12 bits per heavy atom. The summed E-state index contributed by atoms with van der Waals surface area (Å²) >= 11 is 1.66. The molecular formula is C12H18N2O2S. The van der Waals surface area contributed by atoms with Crippen molar-refractivity contribution in [3.8, 4) is 0 Å². The minimum absolute atomic E-state index is 0.161. The molecule has 0 radical (unpaired) electrons. The molecule has 1 aromatic rings. The standard InChI is InChI=1S/C12H18N2O2S/c1-15-9-11-8-14(5-6-16-11)10-3-4-12(17-2)13-7-10/h3-4,7,11H,5-6,8-9H2,1-2H3/t11-/m0/s1. The largest absolute Gasteiger partial charge is 0.382 e. The molecule has 0 bridgehead atoms. The van der Waals surface area contributed by atoms with Crippen LogP contribution in [0.2, 0.25) is 0 Å². The van der Waals surface area contributed by atoms with Crippen LogP contribution < -0.4 is 4.90 Å². The van der Waals surface area contributed by atoms with Crippen LogP contribution >= 0.6 is 11.8 Å². The summed E-state index contributed by atoms with van der Waals surface area (Å²) in [4.78, 5) is 6.69. The van der Waals surface area contributed by atoms with E-state index < -0.39 is 0 Å². The lowest BCUT2D eigenvalue weighted by molar-refractivity contribution is -0.0100. The summed E-state index contributed by atoms with van der Waals surface area (Å²) in [6.07, 6.45) is 4.13. The van der Waals surface area contributed by atoms with Gasteiger partial charge in [-0.2, -0.15) is 0 Å². The Morgan fingerprint density at radius 2 is 2.47 bits per heavy atom. The number of nitrogens with zero attached hydrogens (tertiary/aromatic N) is 2. The highest BCUT2D eigenvalue weighted by Crippen LogP contribution is 2.19. The van der Waals surface area contributed by atoms with Crippen molar-refractivity contribution in [1.82, 2.24) is 4.98 Å². The van der Waals surface area contributed by atoms with Crippen molar-refractivity contribution in [1.29, 1.82) is 0 Å². The molecular weight excluding hydrogens is 236 g/mol. The highest BCUT2D eigenvalue weighted by Gasteiger charge is 2.20. The van der Waals surface area contributed by atoms with Crippen molar-refractivity contribution in [3.63, 3.8) is 0 Å². The molecule has 2 rings (SSSR count). The molecule has 0 aromatic carbocycles. The quantitative estimate of drug-likeness (QED) is 0.763. The summed E-state index contributed by atoms with van der Waals surface area (Å²) in [7, 11) is 1.71. The lowest BCUT2D eigenvalue weighted by Crippen LogP contribution is -2.44. The number of methoxy groups -OCH3 is 1. The zero-order valence-electron chi connectivity index (χ0n) is 10.3. The fourth-order valence-electron chi connectivity index (χ4n) is 1.92. The van der Waals surface area contributed by atoms with E-state index in [2.05, 4.69) is 22.0 Å². The molecule has 0 amide bonds. The van der Waals surface area contributed by atoms with E-state index in [-0.39, 0.29) is 6.10 Å². The number of anilines is 1. The van der Waals surface area contributed by atoms with Crippen LogP contribution in [-0.2, 0) is 9.47 Å². The second kappa shape index (κ2) is 6.23. The van der Waals surface area contributed by atoms with Gasteiger partial charge in [0.15, 0.2) is 0 Å². The fourth-order valence-corrected chi connectivity index (χ4v) is 2.28. The van der Waals surface area contributed by atoms with Gasteiger partial charge in [-0.1, -0.05) is 0 Å². The van der Waals surface area contributed by atoms with Gasteiger partial charge in [0.2, 0.25) is 0 Å². The fraction of sp³-hybridized carbons (Fsp3) is 0.583. The molecule has 1 aliphatic rings. The molecule has 94 valence electrons. The van der Waals surface area contributed by atoms with Crippen LogP contribution in [0.4, 0.5) is 5.69 Å². The first kappa shape index (κ1) is 12.7. The van der Waals surface area contributed by atoms with E-state index in [9.17, 15) is 0 Å². The van der Waals surface area contributed by atoms with Crippen molar-refractivity contribution < 1.29 is 9.47 Å². The van der Waals surface area contributed by atoms with Crippen LogP contribution in [0.1, 0.15) is 0 Å². The van der Waals surface area contributed by atoms with E-state index in [0.29, 0.717) is 6.61 Å². The van der Waals surface area contributed by atoms with Crippen LogP contribution in [0.5, 0.6) is 0 Å². The van der Waals surface area contributed by atoms with Gasteiger partial charge in [0.25, 0.3) is 0 Å². The molecule has 1 aliphatic heterocycles. The maximum Gasteiger partial charge on any atom is 0.0983 e. The zero-order chi connectivity index (χ0) is 12.1. The molecule has 0 saturated carbocycles. The van der Waals surface area contributed by atoms with E-state index in [4.69, 9.17) is 9.47 Å². The first-order valence-electron chi connectivity index (χ1n) is 5.69. The summed E-state index contributed by atoms with van der Waals surface area (Å²) in [6, 6.07) is 4.18. The number of rotatable bonds is 4. The summed E-state index contributed by atoms with van der Waals surface area (Å²) in [5.74, 6) is 0. The number of morpholine rings is 1. The Morgan fingerprint density at radius 1 is 1.59 bits per heavy atom. The second-order valence-corrected chi connectivity index (χ2v) is 4.78. The number of hydrogen-bond donors (Lipinski definition) is 0. The number of hydrogen-bond acceptors (Lipinski definition) is 5. The van der Waals surface area contributed by atoms with Gasteiger partial charge in [-0.15, -0.1) is 11.8 Å². The number of thioether (sulfide) groups is 1. The van der Waals surface area contributed by atoms with Gasteiger partial charge in [-0.05, 0) is 18.4 Å². The van der Waals surface area contributed by atoms with Crippen LogP contribution in [-0.4, -0.2) is 50.8 Å². The van der Waals surface area contributed by atoms with Gasteiger partial charge < -0.3 is 14.4 Å². The minimum Gasteiger partial charge on any atom is -0.382 e. The van der Waals surface area contributed by atoms with Crippen LogP contribution in [0.3, 0.4) is 0 Å². The van der Waals surface area contributed by atoms with Crippen molar-refractivity contribution in [2.24, 2.45) is 0 Å². The second-order valence-electron chi connectivity index (χ2n) is 3.95. The predicted octanol–water partition coefficient (Wildman–Crippen LogP) is 1.66. The molecule has 1 saturated heterocycles. The lowest BCUT2D eigenvalue weighted by atomic mass is 10.2. The molecule has 4 nitrogen and oxygen atoms in total. The summed E-state index contributed by atoms with van der Waals surface area (Å²) in [5.41, 5.74) is 1.16. The number of ether oxygens (including phenoxy) is 2. The molecule has 1 fully saturated rings. The summed E-state index contributed by atoms with van der Waals surface area (Å²) in [6.45, 7) is 3.18. The maximum atomic E-state index is 5.62. The first-order valence-corrected chi connectivity index (χ1v) is 6.91. The summed E-state index contributed by atoms with van der Waals surface area (Å²) in [5, 5.41) is 1.05. The molecule has 0 N–H and O–H groups in total. The third-order valence-electron chi connectivity index (χ3n) is 2.79. The van der Waals surface area contributed by atoms with Crippen molar-refractivity contribution in [2.45, 2.75) is 11.1 Å². The van der Waals surface area contributed by atoms with Gasteiger partial charge >= 0.3 is 0 Å². The maximum absolute atomic E-state index is 5.62. The monoisotopic (exact) mass is 254 g/mol. The van der Waals surface area contributed by atoms with Gasteiger partial charge in [-0.25, -0.2) is 4.98 Å². The average molecular weight is 254 g/mol. The smallest absolute Gasteiger partial charge is 0.0983 e. The van der Waals surface area contributed by atoms with E-state index in [1.54, 1.807) is 18.9 Å². The normalized spacial score (nSPS) is 20.6. The highest BCUT2D eigenvalue weighted by atomic mass is 32.2. The van der Waals surface area contributed by atoms with Crippen molar-refractivity contribution in [3.05, 3.63) is 18.3 Å². The van der Waals surface area contributed by atoms with E-state index >= 15 is 0 Å². The minimum atomic E-state index is 0.161. The molecule has 2 heterocycles. The Balaban J connectivity index is 2.00. The molecule has 1 aromatic heterocycles. The Kier molecular flexibility index (Phi) is 4.65. The lowest BCUT2D eigenvalue weighted by Gasteiger charge is -2.34. The van der Waals surface area contributed by atoms with Gasteiger partial charge in [0, 0.05) is 20.2 Å². The third-order valence-corrected chi connectivity index (χ3v) is 3.45. The molecule has 5 heteroatoms. The topological polar surface area (TPSA) is 34.6 Å². The Hall–Kier alpha value is -0.780. The molecule has 0 aliphatic carbocycles. The molecule has 0 spiro atoms. The first-order chi connectivity index (χ1) is 8.33. The third kappa shape index (κ3) is 3.34. The van der Waals surface area contributed by atoms with Gasteiger partial charge in [0.1, 0.15) is 0 Å². The van der Waals surface area contributed by atoms with Gasteiger partial charge in [-0.3, -0.25) is 0 Å². The SMILES string of the molecule is COC[C@@H]1CN(c2ccc(SC)nc2)CCO1. The Labute approximate surface area is 106 Å². The zero-order valence-corrected chi connectivity index (χ0v) is 11.1. The van der Waals surface area contributed by atoms with Crippen LogP contribution in [0.15, 0.2) is 23.4 Å². The number of aromatic nitrogens is 1. The van der Waals surface area contributed by atoms with E-state index in [1.165, 1.54) is 0 Å². The van der Waals surface area contributed by atoms with E-state index in [0.717, 1.165) is 30.4 Å². The molecule has 0 unspecified atom stereocenters. The summed E-state index contributed by atoms with van der Waals surface area (Å²) < 4.78 is 10.8. The predicted molar refractivity (Wildman–Crippen MR) is 69.8 cm³/mol. The molecule has 1 atom stereocenters. The molecule has 17 heavy (non-hydrogen) atoms. The van der Waals surface area contributed by atoms with Crippen molar-refractivity contribution >= 4 is 17.4 Å². The van der Waals surface area contributed by atoms with Gasteiger partial charge in [0.05, 0.1) is 36.2 Å². The van der Waals surface area contributed by atoms with Crippen LogP contribution in [0, 0.1) is 0 Å². The van der Waals surface area contributed by atoms with Crippen LogP contribution in [0.25, 0.3) is 0 Å². The Bertz CT molecular complexity index is 343. The highest BCUT2D eigenvalue weighted by molar-refractivity contribution is 7.98. The van der Waals surface area contributed by atoms with Crippen molar-refractivity contribution in [2.75, 3.05) is 44.6 Å². The van der Waals surface area contributed by atoms with E-state index in [1.807, 2.05) is 12.5 Å². The average Bonchev–Trinajstić information content (AvgIpc) is 2.40. The number of pyridine rings is 1.